The zero-order chi connectivity index (χ0) is 23.5. The maximum Gasteiger partial charge on any atom is 0.270 e. The Morgan fingerprint density at radius 2 is 1.72 bits per heavy atom. The van der Waals surface area contributed by atoms with Gasteiger partial charge >= 0.3 is 0 Å². The Bertz CT molecular complexity index is 1330. The molecule has 0 aliphatic carbocycles. The maximum atomic E-state index is 13.8. The van der Waals surface area contributed by atoms with Gasteiger partial charge in [0.25, 0.3) is 15.7 Å². The van der Waals surface area contributed by atoms with E-state index < -0.39 is 37.2 Å². The van der Waals surface area contributed by atoms with Gasteiger partial charge in [-0.2, -0.15) is 5.10 Å². The largest absolute Gasteiger partial charge is 0.279 e. The van der Waals surface area contributed by atoms with Crippen LogP contribution in [0.5, 0.6) is 0 Å². The van der Waals surface area contributed by atoms with E-state index in [1.165, 1.54) is 6.07 Å². The molecule has 0 radical (unpaired) electrons. The van der Waals surface area contributed by atoms with Crippen LogP contribution in [0.15, 0.2) is 64.6 Å². The molecule has 0 saturated carbocycles. The summed E-state index contributed by atoms with van der Waals surface area (Å²) in [6.45, 7) is 3.58. The molecule has 0 unspecified atom stereocenters. The first-order valence-electron chi connectivity index (χ1n) is 9.19. The Morgan fingerprint density at radius 1 is 1.00 bits per heavy atom. The van der Waals surface area contributed by atoms with Crippen molar-refractivity contribution < 1.29 is 22.1 Å². The fourth-order valence-corrected chi connectivity index (χ4v) is 4.15. The topological polar surface area (TPSA) is 114 Å². The SMILES string of the molecule is Cc1ccc(NS(=O)(=O)c2cc([N+](=O)[O-])ccc2NN=Cc2ccc(F)cc2F)c(C)c1. The molecule has 11 heteroatoms. The van der Waals surface area contributed by atoms with Gasteiger partial charge in [-0.25, -0.2) is 17.2 Å². The third kappa shape index (κ3) is 5.24. The van der Waals surface area contributed by atoms with E-state index in [0.29, 0.717) is 17.3 Å². The van der Waals surface area contributed by atoms with Crippen molar-refractivity contribution in [2.45, 2.75) is 18.7 Å². The molecular formula is C21H18F2N4O4S. The second-order valence-electron chi connectivity index (χ2n) is 6.90. The molecule has 0 atom stereocenters. The van der Waals surface area contributed by atoms with Gasteiger partial charge in [0.2, 0.25) is 0 Å². The number of benzene rings is 3. The van der Waals surface area contributed by atoms with Crippen LogP contribution in [0.3, 0.4) is 0 Å². The predicted octanol–water partition coefficient (Wildman–Crippen LogP) is 4.74. The first kappa shape index (κ1) is 22.8. The highest BCUT2D eigenvalue weighted by Gasteiger charge is 2.23. The Labute approximate surface area is 182 Å². The zero-order valence-corrected chi connectivity index (χ0v) is 17.8. The van der Waals surface area contributed by atoms with Crippen LogP contribution in [0, 0.1) is 35.6 Å². The number of hydrazone groups is 1. The Kier molecular flexibility index (Phi) is 6.49. The average molecular weight is 460 g/mol. The molecule has 32 heavy (non-hydrogen) atoms. The minimum absolute atomic E-state index is 0.0429. The van der Waals surface area contributed by atoms with E-state index in [1.54, 1.807) is 25.1 Å². The Morgan fingerprint density at radius 3 is 2.38 bits per heavy atom. The second-order valence-corrected chi connectivity index (χ2v) is 8.55. The lowest BCUT2D eigenvalue weighted by Gasteiger charge is -2.14. The van der Waals surface area contributed by atoms with Crippen molar-refractivity contribution in [3.05, 3.63) is 93.0 Å². The zero-order valence-electron chi connectivity index (χ0n) is 17.0. The minimum atomic E-state index is -4.26. The van der Waals surface area contributed by atoms with E-state index in [-0.39, 0.29) is 11.3 Å². The van der Waals surface area contributed by atoms with Crippen molar-refractivity contribution in [3.63, 3.8) is 0 Å². The molecule has 0 fully saturated rings. The quantitative estimate of drug-likeness (QED) is 0.300. The number of non-ortho nitro benzene ring substituents is 1. The predicted molar refractivity (Wildman–Crippen MR) is 117 cm³/mol. The van der Waals surface area contributed by atoms with E-state index >= 15 is 0 Å². The lowest BCUT2D eigenvalue weighted by Crippen LogP contribution is -2.16. The standard InChI is InChI=1S/C21H18F2N4O4S/c1-13-3-7-19(14(2)9-13)26-32(30,31)21-11-17(27(28)29)6-8-20(21)25-24-12-15-4-5-16(22)10-18(15)23/h3-12,25-26H,1-2H3. The number of anilines is 2. The average Bonchev–Trinajstić information content (AvgIpc) is 2.71. The minimum Gasteiger partial charge on any atom is -0.279 e. The van der Waals surface area contributed by atoms with Crippen LogP contribution in [-0.2, 0) is 10.0 Å². The van der Waals surface area contributed by atoms with E-state index in [1.807, 2.05) is 6.92 Å². The number of halogens is 2. The monoisotopic (exact) mass is 460 g/mol. The highest BCUT2D eigenvalue weighted by Crippen LogP contribution is 2.29. The molecular weight excluding hydrogens is 442 g/mol. The molecule has 8 nitrogen and oxygen atoms in total. The van der Waals surface area contributed by atoms with E-state index in [4.69, 9.17) is 0 Å². The van der Waals surface area contributed by atoms with Crippen LogP contribution in [0.2, 0.25) is 0 Å². The molecule has 0 spiro atoms. The van der Waals surface area contributed by atoms with Gasteiger partial charge in [0, 0.05) is 23.8 Å². The second kappa shape index (κ2) is 9.10. The molecule has 0 saturated heterocycles. The smallest absolute Gasteiger partial charge is 0.270 e. The van der Waals surface area contributed by atoms with Crippen LogP contribution >= 0.6 is 0 Å². The Hall–Kier alpha value is -3.86. The number of aryl methyl sites for hydroxylation is 2. The van der Waals surface area contributed by atoms with Crippen molar-refractivity contribution in [3.8, 4) is 0 Å². The summed E-state index contributed by atoms with van der Waals surface area (Å²) in [4.78, 5) is 10.0. The molecule has 0 aromatic heterocycles. The summed E-state index contributed by atoms with van der Waals surface area (Å²) in [6.07, 6.45) is 1.03. The van der Waals surface area contributed by atoms with Crippen LogP contribution in [0.1, 0.15) is 16.7 Å². The molecule has 0 bridgehead atoms. The van der Waals surface area contributed by atoms with Gasteiger partial charge < -0.3 is 0 Å². The van der Waals surface area contributed by atoms with Gasteiger partial charge in [0.15, 0.2) is 0 Å². The number of nitro benzene ring substituents is 1. The lowest BCUT2D eigenvalue weighted by atomic mass is 10.1. The number of sulfonamides is 1. The van der Waals surface area contributed by atoms with Gasteiger partial charge in [-0.05, 0) is 43.7 Å². The fourth-order valence-electron chi connectivity index (χ4n) is 2.84. The molecule has 0 aliphatic heterocycles. The number of nitro groups is 1. The molecule has 166 valence electrons. The number of nitrogens with zero attached hydrogens (tertiary/aromatic N) is 2. The van der Waals surface area contributed by atoms with Crippen LogP contribution < -0.4 is 10.1 Å². The van der Waals surface area contributed by atoms with Gasteiger partial charge in [-0.1, -0.05) is 17.7 Å². The van der Waals surface area contributed by atoms with Crippen molar-refractivity contribution in [1.29, 1.82) is 0 Å². The van der Waals surface area contributed by atoms with Crippen molar-refractivity contribution in [1.82, 2.24) is 0 Å². The van der Waals surface area contributed by atoms with E-state index in [9.17, 15) is 27.3 Å². The van der Waals surface area contributed by atoms with Gasteiger partial charge in [-0.15, -0.1) is 0 Å². The summed E-state index contributed by atoms with van der Waals surface area (Å²) >= 11 is 0. The number of hydrogen-bond acceptors (Lipinski definition) is 6. The normalized spacial score (nSPS) is 11.5. The summed E-state index contributed by atoms with van der Waals surface area (Å²) in [5.41, 5.74) is 3.80. The third-order valence-corrected chi connectivity index (χ3v) is 5.85. The van der Waals surface area contributed by atoms with Crippen LogP contribution in [0.4, 0.5) is 25.8 Å². The molecule has 0 heterocycles. The van der Waals surface area contributed by atoms with Gasteiger partial charge in [0.05, 0.1) is 22.5 Å². The molecule has 0 amide bonds. The fraction of sp³-hybridized carbons (Fsp3) is 0.0952. The summed E-state index contributed by atoms with van der Waals surface area (Å²) in [7, 11) is -4.26. The summed E-state index contributed by atoms with van der Waals surface area (Å²) in [5.74, 6) is -1.61. The number of hydrogen-bond donors (Lipinski definition) is 2. The van der Waals surface area contributed by atoms with Crippen molar-refractivity contribution in [2.24, 2.45) is 5.10 Å². The first-order chi connectivity index (χ1) is 15.1. The third-order valence-electron chi connectivity index (χ3n) is 4.44. The summed E-state index contributed by atoms with van der Waals surface area (Å²) < 4.78 is 55.3. The molecule has 3 rings (SSSR count). The highest BCUT2D eigenvalue weighted by molar-refractivity contribution is 7.92. The first-order valence-corrected chi connectivity index (χ1v) is 10.7. The molecule has 0 aliphatic rings. The van der Waals surface area contributed by atoms with E-state index in [2.05, 4.69) is 15.2 Å². The maximum absolute atomic E-state index is 13.8. The summed E-state index contributed by atoms with van der Waals surface area (Å²) in [5, 5.41) is 15.0. The van der Waals surface area contributed by atoms with Gasteiger partial charge in [0.1, 0.15) is 16.5 Å². The van der Waals surface area contributed by atoms with Crippen LogP contribution in [0.25, 0.3) is 0 Å². The number of rotatable bonds is 7. The number of nitrogens with one attached hydrogen (secondary N) is 2. The molecule has 2 N–H and O–H groups in total. The Balaban J connectivity index is 1.96. The van der Waals surface area contributed by atoms with Gasteiger partial charge in [-0.3, -0.25) is 20.3 Å². The van der Waals surface area contributed by atoms with Crippen molar-refractivity contribution in [2.75, 3.05) is 10.1 Å². The van der Waals surface area contributed by atoms with Crippen molar-refractivity contribution >= 4 is 33.3 Å². The van der Waals surface area contributed by atoms with E-state index in [0.717, 1.165) is 36.0 Å². The lowest BCUT2D eigenvalue weighted by molar-refractivity contribution is -0.385. The molecule has 3 aromatic carbocycles. The summed E-state index contributed by atoms with van der Waals surface area (Å²) in [6, 6.07) is 11.1. The molecule has 3 aromatic rings. The van der Waals surface area contributed by atoms with Crippen LogP contribution in [-0.4, -0.2) is 19.6 Å². The highest BCUT2D eigenvalue weighted by atomic mass is 32.2.